The zero-order chi connectivity index (χ0) is 25.5. The fraction of sp³-hybridized carbons (Fsp3) is 0.455. The Hall–Kier alpha value is -1.90. The molecule has 0 saturated carbocycles. The molecule has 2 saturated heterocycles. The van der Waals surface area contributed by atoms with Gasteiger partial charge in [0.1, 0.15) is 20.2 Å². The Bertz CT molecular complexity index is 912. The molecule has 0 aliphatic carbocycles. The van der Waals surface area contributed by atoms with E-state index in [-0.39, 0.29) is 9.79 Å². The van der Waals surface area contributed by atoms with E-state index in [0.717, 1.165) is 11.1 Å². The van der Waals surface area contributed by atoms with Crippen molar-refractivity contribution in [1.29, 1.82) is 0 Å². The van der Waals surface area contributed by atoms with E-state index in [4.69, 9.17) is 0 Å². The molecule has 2 fully saturated rings. The Morgan fingerprint density at radius 1 is 0.588 bits per heavy atom. The molecule has 0 bridgehead atoms. The van der Waals surface area contributed by atoms with Crippen LogP contribution < -0.4 is 21.3 Å². The average molecular weight is 517 g/mol. The van der Waals surface area contributed by atoms with Gasteiger partial charge >= 0.3 is 0 Å². The smallest absolute Gasteiger partial charge is 0.124 e. The fourth-order valence-electron chi connectivity index (χ4n) is 2.77. The van der Waals surface area contributed by atoms with Gasteiger partial charge in [-0.15, -0.1) is 0 Å². The van der Waals surface area contributed by atoms with Gasteiger partial charge in [-0.2, -0.15) is 0 Å². The first-order chi connectivity index (χ1) is 16.0. The zero-order valence-corrected chi connectivity index (χ0v) is 21.3. The van der Waals surface area contributed by atoms with Crippen molar-refractivity contribution in [1.82, 2.24) is 10.6 Å². The molecule has 2 aliphatic rings. The first-order valence-corrected chi connectivity index (χ1v) is 13.9. The minimum Gasteiger partial charge on any atom is -0.744 e. The van der Waals surface area contributed by atoms with Crippen LogP contribution in [0.2, 0.25) is 0 Å². The molecule has 0 aromatic heterocycles. The van der Waals surface area contributed by atoms with Gasteiger partial charge in [-0.05, 0) is 38.1 Å². The van der Waals surface area contributed by atoms with Gasteiger partial charge in [0, 0.05) is 26.2 Å². The highest BCUT2D eigenvalue weighted by atomic mass is 32.2. The van der Waals surface area contributed by atoms with Crippen LogP contribution in [-0.2, 0) is 20.2 Å². The molecule has 2 aromatic rings. The predicted molar refractivity (Wildman–Crippen MR) is 127 cm³/mol. The standard InChI is InChI=1S/2C7H8O3S.2C4H10N2/c2*1-6-2-4-7(5-3-6)11(8,9)10;2*1-2-6-4-3-5-1/h2*2-5H,1H3,(H,8,9,10);2*5-6H,1-4H2. The van der Waals surface area contributed by atoms with E-state index in [2.05, 4.69) is 21.3 Å². The van der Waals surface area contributed by atoms with E-state index in [9.17, 15) is 25.9 Å². The van der Waals surface area contributed by atoms with Crippen LogP contribution >= 0.6 is 0 Å². The highest BCUT2D eigenvalue weighted by Crippen LogP contribution is 2.09. The van der Waals surface area contributed by atoms with Crippen molar-refractivity contribution in [3.63, 3.8) is 0 Å². The van der Waals surface area contributed by atoms with Crippen molar-refractivity contribution in [2.75, 3.05) is 52.4 Å². The molecule has 2 aliphatic heterocycles. The van der Waals surface area contributed by atoms with Crippen LogP contribution in [0.5, 0.6) is 0 Å². The summed E-state index contributed by atoms with van der Waals surface area (Å²) in [6.45, 7) is 13.5. The topological polar surface area (TPSA) is 172 Å². The third-order valence-electron chi connectivity index (χ3n) is 4.72. The summed E-state index contributed by atoms with van der Waals surface area (Å²) in [4.78, 5) is -0.355. The van der Waals surface area contributed by atoms with Crippen molar-refractivity contribution in [3.8, 4) is 0 Å². The average Bonchev–Trinajstić information content (AvgIpc) is 2.82. The lowest BCUT2D eigenvalue weighted by Gasteiger charge is -2.07. The molecule has 34 heavy (non-hydrogen) atoms. The number of quaternary nitrogens is 2. The summed E-state index contributed by atoms with van der Waals surface area (Å²) in [5.41, 5.74) is 1.86. The molecule has 2 aromatic carbocycles. The van der Waals surface area contributed by atoms with Crippen molar-refractivity contribution >= 4 is 20.2 Å². The van der Waals surface area contributed by atoms with Gasteiger partial charge in [-0.1, -0.05) is 35.4 Å². The maximum Gasteiger partial charge on any atom is 0.124 e. The van der Waals surface area contributed by atoms with Gasteiger partial charge in [-0.25, -0.2) is 16.8 Å². The maximum absolute atomic E-state index is 10.4. The van der Waals surface area contributed by atoms with E-state index in [1.165, 1.54) is 76.6 Å². The minimum absolute atomic E-state index is 0.178. The van der Waals surface area contributed by atoms with Crippen LogP contribution in [0.1, 0.15) is 11.1 Å². The second kappa shape index (κ2) is 15.9. The molecule has 12 heteroatoms. The Morgan fingerprint density at radius 3 is 1.00 bits per heavy atom. The van der Waals surface area contributed by atoms with Crippen LogP contribution in [-0.4, -0.2) is 78.3 Å². The molecule has 0 unspecified atom stereocenters. The molecule has 192 valence electrons. The Labute approximate surface area is 203 Å². The fourth-order valence-corrected chi connectivity index (χ4v) is 3.70. The molecule has 0 amide bonds. The SMILES string of the molecule is C1C[NH2+]CCN1.C1C[NH2+]CCN1.Cc1ccc(S(=O)(=O)[O-])cc1.Cc1ccc(S(=O)(=O)[O-])cc1. The number of piperazine rings is 2. The maximum atomic E-state index is 10.4. The lowest BCUT2D eigenvalue weighted by atomic mass is 10.2. The Kier molecular flexibility index (Phi) is 14.1. The molecule has 10 nitrogen and oxygen atoms in total. The predicted octanol–water partition coefficient (Wildman–Crippen LogP) is -1.90. The van der Waals surface area contributed by atoms with Crippen molar-refractivity contribution in [2.45, 2.75) is 23.6 Å². The van der Waals surface area contributed by atoms with E-state index >= 15 is 0 Å². The largest absolute Gasteiger partial charge is 0.744 e. The van der Waals surface area contributed by atoms with Gasteiger partial charge in [-0.3, -0.25) is 0 Å². The van der Waals surface area contributed by atoms with E-state index in [1.54, 1.807) is 24.3 Å². The molecule has 6 N–H and O–H groups in total. The number of hydrogen-bond donors (Lipinski definition) is 4. The van der Waals surface area contributed by atoms with E-state index in [1.807, 2.05) is 13.8 Å². The molecular formula is C22H36N4O6S2. The summed E-state index contributed by atoms with van der Waals surface area (Å²) in [6.07, 6.45) is 0. The van der Waals surface area contributed by atoms with Gasteiger partial charge in [0.25, 0.3) is 0 Å². The zero-order valence-electron chi connectivity index (χ0n) is 19.7. The van der Waals surface area contributed by atoms with E-state index < -0.39 is 20.2 Å². The van der Waals surface area contributed by atoms with Crippen LogP contribution in [0.25, 0.3) is 0 Å². The second-order valence-corrected chi connectivity index (χ2v) is 10.5. The first kappa shape index (κ1) is 30.1. The van der Waals surface area contributed by atoms with Crippen molar-refractivity contribution in [2.24, 2.45) is 0 Å². The van der Waals surface area contributed by atoms with E-state index in [0.29, 0.717) is 0 Å². The van der Waals surface area contributed by atoms with Crippen LogP contribution in [0.4, 0.5) is 0 Å². The normalized spacial score (nSPS) is 15.9. The minimum atomic E-state index is -4.27. The molecule has 4 rings (SSSR count). The van der Waals surface area contributed by atoms with Crippen LogP contribution in [0, 0.1) is 13.8 Å². The van der Waals surface area contributed by atoms with Gasteiger partial charge < -0.3 is 30.4 Å². The summed E-state index contributed by atoms with van der Waals surface area (Å²) in [5.74, 6) is 0. The summed E-state index contributed by atoms with van der Waals surface area (Å²) in [6, 6.07) is 11.6. The third kappa shape index (κ3) is 14.4. The summed E-state index contributed by atoms with van der Waals surface area (Å²) in [7, 11) is -8.54. The number of rotatable bonds is 2. The van der Waals surface area contributed by atoms with Gasteiger partial charge in [0.15, 0.2) is 0 Å². The highest BCUT2D eigenvalue weighted by molar-refractivity contribution is 7.86. The summed E-state index contributed by atoms with van der Waals surface area (Å²) in [5, 5.41) is 11.2. The van der Waals surface area contributed by atoms with Crippen LogP contribution in [0.15, 0.2) is 58.3 Å². The third-order valence-corrected chi connectivity index (χ3v) is 6.42. The summed E-state index contributed by atoms with van der Waals surface area (Å²) >= 11 is 0. The van der Waals surface area contributed by atoms with Gasteiger partial charge in [0.2, 0.25) is 0 Å². The Morgan fingerprint density at radius 2 is 0.853 bits per heavy atom. The molecule has 2 heterocycles. The highest BCUT2D eigenvalue weighted by Gasteiger charge is 1.99. The number of aryl methyl sites for hydroxylation is 2. The molecular weight excluding hydrogens is 480 g/mol. The lowest BCUT2D eigenvalue weighted by molar-refractivity contribution is -0.657. The second-order valence-electron chi connectivity index (χ2n) is 7.77. The molecule has 0 spiro atoms. The Balaban J connectivity index is 0.000000235. The molecule has 0 atom stereocenters. The first-order valence-electron chi connectivity index (χ1n) is 11.1. The monoisotopic (exact) mass is 516 g/mol. The van der Waals surface area contributed by atoms with Crippen molar-refractivity contribution in [3.05, 3.63) is 59.7 Å². The van der Waals surface area contributed by atoms with Crippen molar-refractivity contribution < 1.29 is 36.6 Å². The number of nitrogens with two attached hydrogens (primary N) is 2. The summed E-state index contributed by atoms with van der Waals surface area (Å²) < 4.78 is 62.3. The number of hydrogen-bond acceptors (Lipinski definition) is 8. The lowest BCUT2D eigenvalue weighted by Crippen LogP contribution is -2.89. The number of nitrogens with one attached hydrogen (secondary N) is 2. The number of benzene rings is 2. The van der Waals surface area contributed by atoms with Crippen LogP contribution in [0.3, 0.4) is 0 Å². The molecule has 0 radical (unpaired) electrons. The van der Waals surface area contributed by atoms with Gasteiger partial charge in [0.05, 0.1) is 36.0 Å². The quantitative estimate of drug-likeness (QED) is 0.335.